The third kappa shape index (κ3) is 5.69. The molecule has 9 nitrogen and oxygen atoms in total. The van der Waals surface area contributed by atoms with E-state index in [0.717, 1.165) is 23.1 Å². The van der Waals surface area contributed by atoms with Gasteiger partial charge in [0.25, 0.3) is 0 Å². The number of halogens is 3. The van der Waals surface area contributed by atoms with Crippen LogP contribution >= 0.6 is 0 Å². The van der Waals surface area contributed by atoms with Crippen molar-refractivity contribution in [2.24, 2.45) is 0 Å². The van der Waals surface area contributed by atoms with E-state index in [4.69, 9.17) is 10.00 Å². The summed E-state index contributed by atoms with van der Waals surface area (Å²) in [7, 11) is 0. The van der Waals surface area contributed by atoms with Crippen molar-refractivity contribution in [1.82, 2.24) is 20.2 Å². The van der Waals surface area contributed by atoms with Gasteiger partial charge in [-0.2, -0.15) is 28.5 Å². The molecular formula is C22H19F3N6O3. The second kappa shape index (κ2) is 9.22. The molecule has 12 heteroatoms. The summed E-state index contributed by atoms with van der Waals surface area (Å²) in [6.07, 6.45) is -4.69. The van der Waals surface area contributed by atoms with Crippen LogP contribution in [0.15, 0.2) is 54.9 Å². The third-order valence-corrected chi connectivity index (χ3v) is 4.21. The summed E-state index contributed by atoms with van der Waals surface area (Å²) >= 11 is 0. The number of nitrogens with one attached hydrogen (secondary N) is 1. The third-order valence-electron chi connectivity index (χ3n) is 4.21. The number of ether oxygens (including phenoxy) is 1. The van der Waals surface area contributed by atoms with Crippen molar-refractivity contribution >= 4 is 17.7 Å². The first-order valence-electron chi connectivity index (χ1n) is 9.81. The zero-order valence-electron chi connectivity index (χ0n) is 18.3. The summed E-state index contributed by atoms with van der Waals surface area (Å²) in [5.74, 6) is -1.20. The first-order chi connectivity index (χ1) is 15.9. The molecule has 3 aromatic rings. The number of hydrogen-bond acceptors (Lipinski definition) is 6. The fourth-order valence-electron chi connectivity index (χ4n) is 2.76. The molecule has 0 fully saturated rings. The number of hydrogen-bond donors (Lipinski definition) is 1. The van der Waals surface area contributed by atoms with Crippen molar-refractivity contribution < 1.29 is 27.5 Å². The lowest BCUT2D eigenvalue weighted by atomic mass is 10.2. The summed E-state index contributed by atoms with van der Waals surface area (Å²) in [4.78, 5) is 29.7. The highest BCUT2D eigenvalue weighted by atomic mass is 19.4. The Morgan fingerprint density at radius 3 is 2.38 bits per heavy atom. The van der Waals surface area contributed by atoms with Gasteiger partial charge in [-0.05, 0) is 63.2 Å². The SMILES string of the molecule is CC(C)(C)OC(=O)N(NC(=O)c1ncnn1-c1ccc(C#N)cc1)c1cccc(C(F)(F)F)c1. The number of carbonyl (C=O) groups excluding carboxylic acids is 2. The van der Waals surface area contributed by atoms with Gasteiger partial charge in [0, 0.05) is 0 Å². The number of carbonyl (C=O) groups is 2. The van der Waals surface area contributed by atoms with Gasteiger partial charge >= 0.3 is 18.2 Å². The number of aromatic nitrogens is 3. The number of anilines is 1. The van der Waals surface area contributed by atoms with Gasteiger partial charge in [0.15, 0.2) is 0 Å². The molecule has 0 unspecified atom stereocenters. The van der Waals surface area contributed by atoms with Gasteiger partial charge in [-0.1, -0.05) is 6.07 Å². The zero-order chi connectivity index (χ0) is 25.1. The Morgan fingerprint density at radius 2 is 1.79 bits per heavy atom. The largest absolute Gasteiger partial charge is 0.442 e. The van der Waals surface area contributed by atoms with Gasteiger partial charge in [0.1, 0.15) is 11.9 Å². The number of alkyl halides is 3. The minimum atomic E-state index is -4.67. The monoisotopic (exact) mass is 472 g/mol. The molecule has 176 valence electrons. The molecule has 2 aromatic carbocycles. The fourth-order valence-corrected chi connectivity index (χ4v) is 2.76. The maximum absolute atomic E-state index is 13.2. The molecule has 0 radical (unpaired) electrons. The van der Waals surface area contributed by atoms with Crippen LogP contribution in [0.25, 0.3) is 5.69 Å². The molecule has 0 aliphatic carbocycles. The van der Waals surface area contributed by atoms with Crippen molar-refractivity contribution in [3.63, 3.8) is 0 Å². The van der Waals surface area contributed by atoms with Crippen LogP contribution < -0.4 is 10.4 Å². The topological polar surface area (TPSA) is 113 Å². The number of benzene rings is 2. The lowest BCUT2D eigenvalue weighted by molar-refractivity contribution is -0.137. The molecule has 0 aliphatic heterocycles. The van der Waals surface area contributed by atoms with Crippen molar-refractivity contribution in [2.45, 2.75) is 32.5 Å². The minimum Gasteiger partial charge on any atom is -0.442 e. The quantitative estimate of drug-likeness (QED) is 0.571. The molecule has 1 aromatic heterocycles. The van der Waals surface area contributed by atoms with Crippen LogP contribution in [0, 0.1) is 11.3 Å². The molecule has 0 bridgehead atoms. The highest BCUT2D eigenvalue weighted by Crippen LogP contribution is 2.31. The molecular weight excluding hydrogens is 453 g/mol. The Balaban J connectivity index is 1.96. The number of amides is 2. The van der Waals surface area contributed by atoms with Crippen LogP contribution in [-0.4, -0.2) is 32.4 Å². The van der Waals surface area contributed by atoms with Crippen molar-refractivity contribution in [3.05, 3.63) is 71.8 Å². The first kappa shape index (κ1) is 24.2. The smallest absolute Gasteiger partial charge is 0.434 e. The number of nitrogens with zero attached hydrogens (tertiary/aromatic N) is 5. The summed E-state index contributed by atoms with van der Waals surface area (Å²) in [5, 5.41) is 13.5. The second-order valence-corrected chi connectivity index (χ2v) is 7.96. The van der Waals surface area contributed by atoms with E-state index in [1.165, 1.54) is 30.3 Å². The van der Waals surface area contributed by atoms with Crippen LogP contribution in [0.5, 0.6) is 0 Å². The van der Waals surface area contributed by atoms with Crippen molar-refractivity contribution in [2.75, 3.05) is 5.01 Å². The predicted octanol–water partition coefficient (Wildman–Crippen LogP) is 4.24. The van der Waals surface area contributed by atoms with E-state index in [0.29, 0.717) is 22.3 Å². The molecule has 34 heavy (non-hydrogen) atoms. The van der Waals surface area contributed by atoms with Crippen LogP contribution in [0.3, 0.4) is 0 Å². The summed E-state index contributed by atoms with van der Waals surface area (Å²) < 4.78 is 46.1. The van der Waals surface area contributed by atoms with E-state index in [1.807, 2.05) is 6.07 Å². The van der Waals surface area contributed by atoms with Crippen LogP contribution in [0.2, 0.25) is 0 Å². The van der Waals surface area contributed by atoms with Gasteiger partial charge in [-0.25, -0.2) is 14.5 Å². The molecule has 0 aliphatic rings. The van der Waals surface area contributed by atoms with Crippen molar-refractivity contribution in [3.8, 4) is 11.8 Å². The molecule has 0 saturated heterocycles. The molecule has 0 saturated carbocycles. The predicted molar refractivity (Wildman–Crippen MR) is 114 cm³/mol. The average molecular weight is 472 g/mol. The molecule has 3 rings (SSSR count). The van der Waals surface area contributed by atoms with Gasteiger partial charge < -0.3 is 4.74 Å². The maximum atomic E-state index is 13.2. The van der Waals surface area contributed by atoms with Gasteiger partial charge in [0.05, 0.1) is 28.6 Å². The second-order valence-electron chi connectivity index (χ2n) is 7.96. The van der Waals surface area contributed by atoms with E-state index in [9.17, 15) is 22.8 Å². The lowest BCUT2D eigenvalue weighted by Gasteiger charge is -2.27. The lowest BCUT2D eigenvalue weighted by Crippen LogP contribution is -2.49. The summed E-state index contributed by atoms with van der Waals surface area (Å²) in [6.45, 7) is 4.70. The molecule has 0 spiro atoms. The molecule has 0 atom stereocenters. The van der Waals surface area contributed by atoms with Crippen LogP contribution in [0.4, 0.5) is 23.7 Å². The maximum Gasteiger partial charge on any atom is 0.434 e. The summed E-state index contributed by atoms with van der Waals surface area (Å²) in [5.41, 5.74) is 0.732. The average Bonchev–Trinajstić information content (AvgIpc) is 3.25. The molecule has 1 heterocycles. The van der Waals surface area contributed by atoms with Gasteiger partial charge in [-0.3, -0.25) is 10.2 Å². The van der Waals surface area contributed by atoms with E-state index in [-0.39, 0.29) is 11.5 Å². The van der Waals surface area contributed by atoms with Crippen LogP contribution in [0.1, 0.15) is 42.5 Å². The Morgan fingerprint density at radius 1 is 1.12 bits per heavy atom. The highest BCUT2D eigenvalue weighted by Gasteiger charge is 2.33. The van der Waals surface area contributed by atoms with Gasteiger partial charge in [-0.15, -0.1) is 0 Å². The number of rotatable bonds is 3. The zero-order valence-corrected chi connectivity index (χ0v) is 18.3. The van der Waals surface area contributed by atoms with E-state index in [1.54, 1.807) is 20.8 Å². The summed E-state index contributed by atoms with van der Waals surface area (Å²) in [6, 6.07) is 11.9. The van der Waals surface area contributed by atoms with E-state index in [2.05, 4.69) is 15.5 Å². The Kier molecular flexibility index (Phi) is 6.58. The number of hydrazine groups is 1. The first-order valence-corrected chi connectivity index (χ1v) is 9.81. The minimum absolute atomic E-state index is 0.259. The Labute approximate surface area is 192 Å². The number of nitriles is 1. The van der Waals surface area contributed by atoms with Crippen LogP contribution in [-0.2, 0) is 10.9 Å². The fraction of sp³-hybridized carbons (Fsp3) is 0.227. The molecule has 2 amide bonds. The van der Waals surface area contributed by atoms with Crippen molar-refractivity contribution in [1.29, 1.82) is 5.26 Å². The Bertz CT molecular complexity index is 1240. The van der Waals surface area contributed by atoms with E-state index >= 15 is 0 Å². The highest BCUT2D eigenvalue weighted by molar-refractivity contribution is 5.98. The standard InChI is InChI=1S/C22H19F3N6O3/c1-21(2,3)34-20(33)31(17-6-4-5-15(11-17)22(23,24)25)29-19(32)18-27-13-28-30(18)16-9-7-14(12-26)8-10-16/h4-11,13H,1-3H3,(H,29,32). The molecule has 1 N–H and O–H groups in total. The normalized spacial score (nSPS) is 11.4. The van der Waals surface area contributed by atoms with Gasteiger partial charge in [0.2, 0.25) is 5.82 Å². The van der Waals surface area contributed by atoms with E-state index < -0.39 is 29.3 Å². The Hall–Kier alpha value is -4.40.